The predicted molar refractivity (Wildman–Crippen MR) is 110 cm³/mol. The second kappa shape index (κ2) is 8.09. The summed E-state index contributed by atoms with van der Waals surface area (Å²) in [7, 11) is 0. The average Bonchev–Trinajstić information content (AvgIpc) is 3.52. The molecule has 4 nitrogen and oxygen atoms in total. The summed E-state index contributed by atoms with van der Waals surface area (Å²) in [4.78, 5) is 7.50. The molecule has 0 radical (unpaired) electrons. The molecular formula is C22H30N4. The van der Waals surface area contributed by atoms with Crippen LogP contribution in [-0.2, 0) is 6.54 Å². The van der Waals surface area contributed by atoms with Crippen LogP contribution < -0.4 is 10.6 Å². The average molecular weight is 351 g/mol. The molecule has 4 rings (SSSR count). The smallest absolute Gasteiger partial charge is 0.191 e. The molecular weight excluding hydrogens is 320 g/mol. The number of hydrogen-bond acceptors (Lipinski definition) is 2. The van der Waals surface area contributed by atoms with E-state index in [2.05, 4.69) is 64.9 Å². The van der Waals surface area contributed by atoms with Crippen LogP contribution in [-0.4, -0.2) is 42.6 Å². The minimum atomic E-state index is 0.541. The van der Waals surface area contributed by atoms with E-state index in [1.54, 1.807) is 0 Å². The first kappa shape index (κ1) is 17.3. The SMILES string of the molecule is CCNC(=NCc1ccc2ccccc2c1)NC1CCN(C2CC2)CC1. The Bertz CT molecular complexity index is 758. The van der Waals surface area contributed by atoms with Gasteiger partial charge in [-0.3, -0.25) is 0 Å². The zero-order chi connectivity index (χ0) is 17.8. The van der Waals surface area contributed by atoms with Gasteiger partial charge in [0.05, 0.1) is 6.54 Å². The van der Waals surface area contributed by atoms with E-state index in [1.165, 1.54) is 55.1 Å². The van der Waals surface area contributed by atoms with Gasteiger partial charge in [0.25, 0.3) is 0 Å². The van der Waals surface area contributed by atoms with Crippen molar-refractivity contribution in [2.45, 2.75) is 51.2 Å². The normalized spacial score (nSPS) is 19.7. The molecule has 1 saturated heterocycles. The number of piperidine rings is 1. The van der Waals surface area contributed by atoms with Crippen LogP contribution in [0.5, 0.6) is 0 Å². The molecule has 2 fully saturated rings. The first-order valence-corrected chi connectivity index (χ1v) is 10.1. The summed E-state index contributed by atoms with van der Waals surface area (Å²) >= 11 is 0. The Hall–Kier alpha value is -2.07. The van der Waals surface area contributed by atoms with Crippen molar-refractivity contribution < 1.29 is 0 Å². The van der Waals surface area contributed by atoms with Crippen LogP contribution in [0.15, 0.2) is 47.5 Å². The number of aliphatic imine (C=N–C) groups is 1. The maximum absolute atomic E-state index is 4.83. The van der Waals surface area contributed by atoms with Crippen LogP contribution in [0.4, 0.5) is 0 Å². The van der Waals surface area contributed by atoms with Crippen molar-refractivity contribution in [1.29, 1.82) is 0 Å². The molecule has 1 heterocycles. The van der Waals surface area contributed by atoms with Crippen LogP contribution in [0.1, 0.15) is 38.2 Å². The van der Waals surface area contributed by atoms with Crippen molar-refractivity contribution >= 4 is 16.7 Å². The Kier molecular flexibility index (Phi) is 5.40. The molecule has 0 atom stereocenters. The predicted octanol–water partition coefficient (Wildman–Crippen LogP) is 3.52. The van der Waals surface area contributed by atoms with E-state index in [1.807, 2.05) is 0 Å². The Morgan fingerprint density at radius 3 is 2.54 bits per heavy atom. The van der Waals surface area contributed by atoms with Crippen LogP contribution in [0.2, 0.25) is 0 Å². The summed E-state index contributed by atoms with van der Waals surface area (Å²) in [5.74, 6) is 0.950. The zero-order valence-electron chi connectivity index (χ0n) is 15.7. The monoisotopic (exact) mass is 350 g/mol. The summed E-state index contributed by atoms with van der Waals surface area (Å²) in [6.45, 7) is 6.19. The van der Waals surface area contributed by atoms with Crippen LogP contribution in [0, 0.1) is 0 Å². The highest BCUT2D eigenvalue weighted by molar-refractivity contribution is 5.83. The van der Waals surface area contributed by atoms with E-state index in [4.69, 9.17) is 4.99 Å². The van der Waals surface area contributed by atoms with Crippen molar-refractivity contribution in [3.8, 4) is 0 Å². The quantitative estimate of drug-likeness (QED) is 0.640. The first-order chi connectivity index (χ1) is 12.8. The van der Waals surface area contributed by atoms with Gasteiger partial charge in [0.1, 0.15) is 0 Å². The molecule has 4 heteroatoms. The van der Waals surface area contributed by atoms with Gasteiger partial charge < -0.3 is 15.5 Å². The summed E-state index contributed by atoms with van der Waals surface area (Å²) < 4.78 is 0. The molecule has 0 amide bonds. The number of nitrogens with zero attached hydrogens (tertiary/aromatic N) is 2. The highest BCUT2D eigenvalue weighted by Crippen LogP contribution is 2.29. The standard InChI is InChI=1S/C22H30N4/c1-2-23-22(25-20-11-13-26(14-12-20)21-9-10-21)24-16-17-7-8-18-5-3-4-6-19(18)15-17/h3-8,15,20-21H,2,9-14,16H2,1H3,(H2,23,24,25). The fourth-order valence-electron chi connectivity index (χ4n) is 3.87. The van der Waals surface area contributed by atoms with E-state index in [0.717, 1.165) is 18.5 Å². The minimum absolute atomic E-state index is 0.541. The fourth-order valence-corrected chi connectivity index (χ4v) is 3.87. The molecule has 0 aromatic heterocycles. The molecule has 0 bridgehead atoms. The van der Waals surface area contributed by atoms with Gasteiger partial charge in [-0.15, -0.1) is 0 Å². The van der Waals surface area contributed by atoms with Crippen molar-refractivity contribution in [2.75, 3.05) is 19.6 Å². The zero-order valence-corrected chi connectivity index (χ0v) is 15.7. The van der Waals surface area contributed by atoms with E-state index in [-0.39, 0.29) is 0 Å². The summed E-state index contributed by atoms with van der Waals surface area (Å²) in [5.41, 5.74) is 1.25. The fraction of sp³-hybridized carbons (Fsp3) is 0.500. The number of likely N-dealkylation sites (tertiary alicyclic amines) is 1. The van der Waals surface area contributed by atoms with Crippen LogP contribution in [0.3, 0.4) is 0 Å². The lowest BCUT2D eigenvalue weighted by molar-refractivity contribution is 0.197. The number of hydrogen-bond donors (Lipinski definition) is 2. The molecule has 1 aliphatic heterocycles. The number of rotatable bonds is 5. The second-order valence-electron chi connectivity index (χ2n) is 7.56. The van der Waals surface area contributed by atoms with E-state index in [9.17, 15) is 0 Å². The van der Waals surface area contributed by atoms with Gasteiger partial charge in [-0.25, -0.2) is 4.99 Å². The Morgan fingerprint density at radius 1 is 1.04 bits per heavy atom. The lowest BCUT2D eigenvalue weighted by atomic mass is 10.1. The topological polar surface area (TPSA) is 39.7 Å². The second-order valence-corrected chi connectivity index (χ2v) is 7.56. The van der Waals surface area contributed by atoms with Gasteiger partial charge in [0.15, 0.2) is 5.96 Å². The molecule has 1 saturated carbocycles. The molecule has 2 aromatic rings. The summed E-state index contributed by atoms with van der Waals surface area (Å²) in [5, 5.41) is 9.63. The Morgan fingerprint density at radius 2 is 1.81 bits per heavy atom. The highest BCUT2D eigenvalue weighted by atomic mass is 15.2. The van der Waals surface area contributed by atoms with E-state index < -0.39 is 0 Å². The molecule has 2 aliphatic rings. The van der Waals surface area contributed by atoms with Gasteiger partial charge in [-0.1, -0.05) is 36.4 Å². The van der Waals surface area contributed by atoms with Crippen molar-refractivity contribution in [1.82, 2.24) is 15.5 Å². The third kappa shape index (κ3) is 4.36. The van der Waals surface area contributed by atoms with Crippen LogP contribution >= 0.6 is 0 Å². The maximum atomic E-state index is 4.83. The Balaban J connectivity index is 1.36. The minimum Gasteiger partial charge on any atom is -0.357 e. The van der Waals surface area contributed by atoms with Crippen molar-refractivity contribution in [2.24, 2.45) is 4.99 Å². The molecule has 0 unspecified atom stereocenters. The lowest BCUT2D eigenvalue weighted by Gasteiger charge is -2.33. The molecule has 0 spiro atoms. The van der Waals surface area contributed by atoms with Crippen molar-refractivity contribution in [3.05, 3.63) is 48.0 Å². The van der Waals surface area contributed by atoms with E-state index >= 15 is 0 Å². The number of nitrogens with one attached hydrogen (secondary N) is 2. The Labute approximate surface area is 156 Å². The van der Waals surface area contributed by atoms with Gasteiger partial charge >= 0.3 is 0 Å². The number of guanidine groups is 1. The number of benzene rings is 2. The largest absolute Gasteiger partial charge is 0.357 e. The molecule has 138 valence electrons. The molecule has 2 aromatic carbocycles. The van der Waals surface area contributed by atoms with E-state index in [0.29, 0.717) is 12.6 Å². The van der Waals surface area contributed by atoms with Gasteiger partial charge in [-0.2, -0.15) is 0 Å². The maximum Gasteiger partial charge on any atom is 0.191 e. The summed E-state index contributed by atoms with van der Waals surface area (Å²) in [6.07, 6.45) is 5.26. The molecule has 2 N–H and O–H groups in total. The van der Waals surface area contributed by atoms with Gasteiger partial charge in [0, 0.05) is 31.7 Å². The van der Waals surface area contributed by atoms with Gasteiger partial charge in [-0.05, 0) is 55.0 Å². The number of fused-ring (bicyclic) bond motifs is 1. The molecule has 26 heavy (non-hydrogen) atoms. The molecule has 1 aliphatic carbocycles. The summed E-state index contributed by atoms with van der Waals surface area (Å²) in [6, 6.07) is 16.6. The van der Waals surface area contributed by atoms with Crippen LogP contribution in [0.25, 0.3) is 10.8 Å². The third-order valence-electron chi connectivity index (χ3n) is 5.51. The van der Waals surface area contributed by atoms with Crippen molar-refractivity contribution in [3.63, 3.8) is 0 Å². The third-order valence-corrected chi connectivity index (χ3v) is 5.51. The first-order valence-electron chi connectivity index (χ1n) is 10.1. The lowest BCUT2D eigenvalue weighted by Crippen LogP contribution is -2.49. The highest BCUT2D eigenvalue weighted by Gasteiger charge is 2.31. The van der Waals surface area contributed by atoms with Gasteiger partial charge in [0.2, 0.25) is 0 Å².